The van der Waals surface area contributed by atoms with Gasteiger partial charge in [-0.2, -0.15) is 15.5 Å². The normalized spacial score (nSPS) is 19.1. The number of pyridine rings is 1. The summed E-state index contributed by atoms with van der Waals surface area (Å²) in [7, 11) is 1.75. The van der Waals surface area contributed by atoms with Gasteiger partial charge >= 0.3 is 0 Å². The van der Waals surface area contributed by atoms with Crippen molar-refractivity contribution < 1.29 is 4.39 Å². The van der Waals surface area contributed by atoms with Crippen molar-refractivity contribution >= 4 is 39.3 Å². The Labute approximate surface area is 177 Å². The van der Waals surface area contributed by atoms with E-state index in [1.807, 2.05) is 0 Å². The van der Waals surface area contributed by atoms with Crippen LogP contribution in [0.3, 0.4) is 0 Å². The van der Waals surface area contributed by atoms with Crippen LogP contribution in [0.2, 0.25) is 0 Å². The first-order valence-electron chi connectivity index (χ1n) is 10.1. The summed E-state index contributed by atoms with van der Waals surface area (Å²) in [5.41, 5.74) is 1.74. The molecule has 1 aliphatic heterocycles. The van der Waals surface area contributed by atoms with Crippen molar-refractivity contribution in [1.82, 2.24) is 30.3 Å². The standard InChI is InChI=1S/C21H22FN9/c1-11-8-31(9-12(2)24-11)17-5-13(7-23)18-20(27-28-21(18)26-17)25-15-4-14-10-30(3)29-19(14)16(22)6-15/h4-6,10-12,24H,8-9H2,1-3H3,(H2,25,26,27,28)/t11-,12+. The van der Waals surface area contributed by atoms with Crippen LogP contribution in [0.4, 0.5) is 21.7 Å². The fraction of sp³-hybridized carbons (Fsp3) is 0.333. The van der Waals surface area contributed by atoms with Crippen LogP contribution in [-0.2, 0) is 7.05 Å². The Kier molecular flexibility index (Phi) is 4.48. The largest absolute Gasteiger partial charge is 0.353 e. The SMILES string of the molecule is C[C@@H]1CN(c2cc(C#N)c3c(Nc4cc(F)c5nn(C)cc5c4)[nH]nc3n2)C[C@H](C)N1. The van der Waals surface area contributed by atoms with Crippen LogP contribution in [-0.4, -0.2) is 50.1 Å². The summed E-state index contributed by atoms with van der Waals surface area (Å²) in [4.78, 5) is 6.85. The number of hydrogen-bond donors (Lipinski definition) is 3. The number of halogens is 1. The minimum absolute atomic E-state index is 0.311. The molecule has 31 heavy (non-hydrogen) atoms. The molecule has 9 nitrogen and oxygen atoms in total. The Morgan fingerprint density at radius 3 is 2.74 bits per heavy atom. The molecule has 1 aromatic carbocycles. The molecule has 3 aromatic heterocycles. The highest BCUT2D eigenvalue weighted by atomic mass is 19.1. The number of nitriles is 1. The molecule has 10 heteroatoms. The zero-order valence-corrected chi connectivity index (χ0v) is 17.4. The van der Waals surface area contributed by atoms with Gasteiger partial charge in [0.1, 0.15) is 23.2 Å². The van der Waals surface area contributed by atoms with E-state index in [0.717, 1.165) is 18.9 Å². The third kappa shape index (κ3) is 3.43. The second-order valence-electron chi connectivity index (χ2n) is 8.13. The summed E-state index contributed by atoms with van der Waals surface area (Å²) in [6.07, 6.45) is 1.75. The van der Waals surface area contributed by atoms with Gasteiger partial charge in [-0.05, 0) is 32.0 Å². The number of aryl methyl sites for hydroxylation is 1. The van der Waals surface area contributed by atoms with Gasteiger partial charge in [0.15, 0.2) is 11.5 Å². The van der Waals surface area contributed by atoms with Crippen molar-refractivity contribution in [2.24, 2.45) is 7.05 Å². The van der Waals surface area contributed by atoms with Gasteiger partial charge in [-0.1, -0.05) is 0 Å². The number of benzene rings is 1. The average molecular weight is 419 g/mol. The lowest BCUT2D eigenvalue weighted by Gasteiger charge is -2.36. The summed E-state index contributed by atoms with van der Waals surface area (Å²) in [6, 6.07) is 7.86. The van der Waals surface area contributed by atoms with Crippen LogP contribution in [0.25, 0.3) is 21.9 Å². The number of hydrogen-bond acceptors (Lipinski definition) is 7. The quantitative estimate of drug-likeness (QED) is 0.468. The first-order chi connectivity index (χ1) is 14.9. The van der Waals surface area contributed by atoms with Crippen molar-refractivity contribution in [1.29, 1.82) is 5.26 Å². The number of piperazine rings is 1. The van der Waals surface area contributed by atoms with E-state index in [4.69, 9.17) is 0 Å². The maximum Gasteiger partial charge on any atom is 0.186 e. The van der Waals surface area contributed by atoms with Crippen molar-refractivity contribution in [2.75, 3.05) is 23.3 Å². The molecule has 3 N–H and O–H groups in total. The van der Waals surface area contributed by atoms with Crippen LogP contribution in [0, 0.1) is 17.1 Å². The van der Waals surface area contributed by atoms with Crippen LogP contribution in [0.1, 0.15) is 19.4 Å². The van der Waals surface area contributed by atoms with Crippen LogP contribution >= 0.6 is 0 Å². The molecule has 0 saturated carbocycles. The second-order valence-corrected chi connectivity index (χ2v) is 8.13. The van der Waals surface area contributed by atoms with Crippen LogP contribution in [0.15, 0.2) is 24.4 Å². The number of H-pyrrole nitrogens is 1. The zero-order chi connectivity index (χ0) is 21.7. The average Bonchev–Trinajstić information content (AvgIpc) is 3.30. The molecule has 0 bridgehead atoms. The Hall–Kier alpha value is -3.71. The predicted octanol–water partition coefficient (Wildman–Crippen LogP) is 2.79. The van der Waals surface area contributed by atoms with Gasteiger partial charge < -0.3 is 15.5 Å². The Morgan fingerprint density at radius 2 is 2.00 bits per heavy atom. The molecule has 1 saturated heterocycles. The third-order valence-corrected chi connectivity index (χ3v) is 5.46. The van der Waals surface area contributed by atoms with Crippen molar-refractivity contribution in [3.05, 3.63) is 35.8 Å². The fourth-order valence-electron chi connectivity index (χ4n) is 4.29. The number of fused-ring (bicyclic) bond motifs is 2. The van der Waals surface area contributed by atoms with Crippen molar-refractivity contribution in [3.63, 3.8) is 0 Å². The molecule has 158 valence electrons. The molecule has 4 aromatic rings. The van der Waals surface area contributed by atoms with E-state index in [-0.39, 0.29) is 0 Å². The summed E-state index contributed by atoms with van der Waals surface area (Å²) in [5, 5.41) is 29.0. The first-order valence-corrected chi connectivity index (χ1v) is 10.1. The van der Waals surface area contributed by atoms with E-state index in [9.17, 15) is 9.65 Å². The lowest BCUT2D eigenvalue weighted by molar-refractivity contribution is 0.405. The van der Waals surface area contributed by atoms with Crippen molar-refractivity contribution in [3.8, 4) is 6.07 Å². The van der Waals surface area contributed by atoms with E-state index in [0.29, 0.717) is 51.1 Å². The van der Waals surface area contributed by atoms with E-state index in [2.05, 4.69) is 55.7 Å². The topological polar surface area (TPSA) is 110 Å². The summed E-state index contributed by atoms with van der Waals surface area (Å²) in [6.45, 7) is 5.85. The summed E-state index contributed by atoms with van der Waals surface area (Å²) in [5.74, 6) is 0.799. The van der Waals surface area contributed by atoms with Gasteiger partial charge in [-0.3, -0.25) is 9.78 Å². The highest BCUT2D eigenvalue weighted by molar-refractivity contribution is 5.95. The van der Waals surface area contributed by atoms with Gasteiger partial charge in [0.05, 0.1) is 10.9 Å². The fourth-order valence-corrected chi connectivity index (χ4v) is 4.29. The van der Waals surface area contributed by atoms with E-state index >= 15 is 0 Å². The number of nitrogens with one attached hydrogen (secondary N) is 3. The van der Waals surface area contributed by atoms with Gasteiger partial charge in [0, 0.05) is 49.5 Å². The van der Waals surface area contributed by atoms with Gasteiger partial charge in [0.25, 0.3) is 0 Å². The van der Waals surface area contributed by atoms with Gasteiger partial charge in [-0.15, -0.1) is 0 Å². The number of aromatic nitrogens is 5. The first kappa shape index (κ1) is 19.3. The molecule has 1 fully saturated rings. The highest BCUT2D eigenvalue weighted by Crippen LogP contribution is 2.31. The van der Waals surface area contributed by atoms with E-state index < -0.39 is 5.82 Å². The Balaban J connectivity index is 1.53. The molecule has 0 unspecified atom stereocenters. The Morgan fingerprint density at radius 1 is 1.23 bits per heavy atom. The summed E-state index contributed by atoms with van der Waals surface area (Å²) >= 11 is 0. The minimum atomic E-state index is -0.424. The van der Waals surface area contributed by atoms with Gasteiger partial charge in [-0.25, -0.2) is 9.37 Å². The molecular formula is C21H22FN9. The summed E-state index contributed by atoms with van der Waals surface area (Å²) < 4.78 is 16.0. The molecule has 0 amide bonds. The second kappa shape index (κ2) is 7.21. The molecular weight excluding hydrogens is 397 g/mol. The number of aromatic amines is 1. The maximum atomic E-state index is 14.5. The predicted molar refractivity (Wildman–Crippen MR) is 117 cm³/mol. The molecule has 0 spiro atoms. The van der Waals surface area contributed by atoms with Crippen LogP contribution < -0.4 is 15.5 Å². The van der Waals surface area contributed by atoms with Crippen molar-refractivity contribution in [2.45, 2.75) is 25.9 Å². The monoisotopic (exact) mass is 419 g/mol. The molecule has 1 aliphatic rings. The lowest BCUT2D eigenvalue weighted by Crippen LogP contribution is -2.54. The third-order valence-electron chi connectivity index (χ3n) is 5.46. The number of anilines is 3. The molecule has 4 heterocycles. The van der Waals surface area contributed by atoms with Gasteiger partial charge in [0.2, 0.25) is 0 Å². The minimum Gasteiger partial charge on any atom is -0.353 e. The lowest BCUT2D eigenvalue weighted by atomic mass is 10.1. The maximum absolute atomic E-state index is 14.5. The molecule has 0 radical (unpaired) electrons. The highest BCUT2D eigenvalue weighted by Gasteiger charge is 2.24. The van der Waals surface area contributed by atoms with Crippen LogP contribution in [0.5, 0.6) is 0 Å². The smallest absolute Gasteiger partial charge is 0.186 e. The Bertz CT molecular complexity index is 1320. The number of nitrogens with zero attached hydrogens (tertiary/aromatic N) is 6. The molecule has 0 aliphatic carbocycles. The number of rotatable bonds is 3. The zero-order valence-electron chi connectivity index (χ0n) is 17.4. The molecule has 5 rings (SSSR count). The van der Waals surface area contributed by atoms with E-state index in [1.165, 1.54) is 6.07 Å². The molecule has 2 atom stereocenters. The van der Waals surface area contributed by atoms with E-state index in [1.54, 1.807) is 30.1 Å².